The molecule has 0 amide bonds. The van der Waals surface area contributed by atoms with Gasteiger partial charge in [-0.05, 0) is 37.1 Å². The standard InChI is InChI=1S/C17H21N3O3/c1-11-3-4-14(5-12(11)2)20-9-13(7-18-20)8-19-10-15(21)6-16(19)17(22)23/h3-5,7,9,15-16,21H,6,8,10H2,1-2H3,(H,22,23)/t15-,16+/m1/s1. The van der Waals surface area contributed by atoms with Gasteiger partial charge >= 0.3 is 5.97 Å². The summed E-state index contributed by atoms with van der Waals surface area (Å²) in [4.78, 5) is 13.1. The predicted molar refractivity (Wildman–Crippen MR) is 85.5 cm³/mol. The number of aryl methyl sites for hydroxylation is 2. The highest BCUT2D eigenvalue weighted by atomic mass is 16.4. The lowest BCUT2D eigenvalue weighted by Crippen LogP contribution is -2.35. The zero-order valence-corrected chi connectivity index (χ0v) is 13.3. The Morgan fingerprint density at radius 1 is 1.35 bits per heavy atom. The highest BCUT2D eigenvalue weighted by Crippen LogP contribution is 2.21. The molecule has 23 heavy (non-hydrogen) atoms. The first-order valence-corrected chi connectivity index (χ1v) is 7.70. The topological polar surface area (TPSA) is 78.6 Å². The number of β-amino-alcohol motifs (C(OH)–C–C–N with tert-alkyl or cyclic N) is 1. The fourth-order valence-corrected chi connectivity index (χ4v) is 3.00. The van der Waals surface area contributed by atoms with Gasteiger partial charge in [-0.3, -0.25) is 9.69 Å². The number of aliphatic hydroxyl groups excluding tert-OH is 1. The van der Waals surface area contributed by atoms with E-state index < -0.39 is 18.1 Å². The highest BCUT2D eigenvalue weighted by molar-refractivity contribution is 5.74. The summed E-state index contributed by atoms with van der Waals surface area (Å²) in [5, 5.41) is 23.3. The minimum absolute atomic E-state index is 0.278. The molecule has 6 nitrogen and oxygen atoms in total. The van der Waals surface area contributed by atoms with Crippen molar-refractivity contribution in [2.45, 2.75) is 39.0 Å². The number of benzene rings is 1. The number of aliphatic carboxylic acids is 1. The van der Waals surface area contributed by atoms with E-state index in [9.17, 15) is 15.0 Å². The number of hydrogen-bond acceptors (Lipinski definition) is 4. The molecule has 0 unspecified atom stereocenters. The number of hydrogen-bond donors (Lipinski definition) is 2. The van der Waals surface area contributed by atoms with E-state index in [0.29, 0.717) is 13.1 Å². The maximum atomic E-state index is 11.3. The number of nitrogens with zero attached hydrogens (tertiary/aromatic N) is 3. The molecule has 0 bridgehead atoms. The van der Waals surface area contributed by atoms with Gasteiger partial charge in [-0.1, -0.05) is 6.07 Å². The van der Waals surface area contributed by atoms with E-state index in [2.05, 4.69) is 31.1 Å². The lowest BCUT2D eigenvalue weighted by molar-refractivity contribution is -0.142. The summed E-state index contributed by atoms with van der Waals surface area (Å²) in [5.41, 5.74) is 4.35. The van der Waals surface area contributed by atoms with Crippen molar-refractivity contribution < 1.29 is 15.0 Å². The number of aliphatic hydroxyl groups is 1. The van der Waals surface area contributed by atoms with Gasteiger partial charge in [-0.2, -0.15) is 5.10 Å². The summed E-state index contributed by atoms with van der Waals surface area (Å²) in [6, 6.07) is 5.52. The van der Waals surface area contributed by atoms with Crippen LogP contribution in [0.5, 0.6) is 0 Å². The largest absolute Gasteiger partial charge is 0.480 e. The van der Waals surface area contributed by atoms with E-state index >= 15 is 0 Å². The van der Waals surface area contributed by atoms with Gasteiger partial charge in [-0.15, -0.1) is 0 Å². The number of carbonyl (C=O) groups is 1. The van der Waals surface area contributed by atoms with Gasteiger partial charge in [0, 0.05) is 31.3 Å². The zero-order chi connectivity index (χ0) is 16.6. The van der Waals surface area contributed by atoms with Crippen molar-refractivity contribution in [2.24, 2.45) is 0 Å². The van der Waals surface area contributed by atoms with Crippen LogP contribution in [0.4, 0.5) is 0 Å². The molecule has 0 aliphatic carbocycles. The van der Waals surface area contributed by atoms with Crippen LogP contribution in [0.15, 0.2) is 30.6 Å². The molecule has 0 radical (unpaired) electrons. The van der Waals surface area contributed by atoms with Gasteiger partial charge < -0.3 is 10.2 Å². The quantitative estimate of drug-likeness (QED) is 0.894. The fourth-order valence-electron chi connectivity index (χ4n) is 3.00. The SMILES string of the molecule is Cc1ccc(-n2cc(CN3C[C@H](O)C[C@H]3C(=O)O)cn2)cc1C. The van der Waals surface area contributed by atoms with Crippen molar-refractivity contribution >= 4 is 5.97 Å². The summed E-state index contributed by atoms with van der Waals surface area (Å²) < 4.78 is 1.80. The highest BCUT2D eigenvalue weighted by Gasteiger charge is 2.35. The molecule has 1 aromatic heterocycles. The summed E-state index contributed by atoms with van der Waals surface area (Å²) in [6.07, 6.45) is 3.36. The molecule has 1 aromatic carbocycles. The normalized spacial score (nSPS) is 21.7. The first kappa shape index (κ1) is 15.7. The molecule has 1 fully saturated rings. The Kier molecular flexibility index (Phi) is 4.19. The number of likely N-dealkylation sites (tertiary alicyclic amines) is 1. The second-order valence-corrected chi connectivity index (χ2v) is 6.23. The van der Waals surface area contributed by atoms with Crippen molar-refractivity contribution in [2.75, 3.05) is 6.54 Å². The van der Waals surface area contributed by atoms with Crippen LogP contribution in [0.2, 0.25) is 0 Å². The second kappa shape index (κ2) is 6.14. The van der Waals surface area contributed by atoms with Gasteiger partial charge in [0.2, 0.25) is 0 Å². The van der Waals surface area contributed by atoms with Crippen molar-refractivity contribution in [1.82, 2.24) is 14.7 Å². The Morgan fingerprint density at radius 2 is 2.13 bits per heavy atom. The Morgan fingerprint density at radius 3 is 2.83 bits per heavy atom. The number of carboxylic acids is 1. The monoisotopic (exact) mass is 315 g/mol. The zero-order valence-electron chi connectivity index (χ0n) is 13.3. The van der Waals surface area contributed by atoms with Crippen molar-refractivity contribution in [1.29, 1.82) is 0 Å². The molecule has 2 heterocycles. The molecular formula is C17H21N3O3. The first-order valence-electron chi connectivity index (χ1n) is 7.70. The van der Waals surface area contributed by atoms with Crippen LogP contribution in [-0.4, -0.2) is 49.6 Å². The van der Waals surface area contributed by atoms with Crippen LogP contribution in [0, 0.1) is 13.8 Å². The minimum atomic E-state index is -0.886. The molecule has 1 aliphatic rings. The Bertz CT molecular complexity index is 726. The molecule has 3 rings (SSSR count). The van der Waals surface area contributed by atoms with Crippen LogP contribution in [0.1, 0.15) is 23.1 Å². The van der Waals surface area contributed by atoms with E-state index in [1.807, 2.05) is 12.3 Å². The molecule has 0 saturated carbocycles. The minimum Gasteiger partial charge on any atom is -0.480 e. The Hall–Kier alpha value is -2.18. The van der Waals surface area contributed by atoms with Crippen LogP contribution in [0.25, 0.3) is 5.69 Å². The average molecular weight is 315 g/mol. The summed E-state index contributed by atoms with van der Waals surface area (Å²) in [7, 11) is 0. The number of carboxylic acid groups (broad SMARTS) is 1. The molecule has 0 spiro atoms. The molecule has 2 atom stereocenters. The van der Waals surface area contributed by atoms with Crippen LogP contribution < -0.4 is 0 Å². The molecule has 122 valence electrons. The summed E-state index contributed by atoms with van der Waals surface area (Å²) >= 11 is 0. The van der Waals surface area contributed by atoms with E-state index in [0.717, 1.165) is 11.3 Å². The third-order valence-corrected chi connectivity index (χ3v) is 4.44. The Labute approximate surface area is 135 Å². The molecule has 2 N–H and O–H groups in total. The third-order valence-electron chi connectivity index (χ3n) is 4.44. The van der Waals surface area contributed by atoms with Gasteiger partial charge in [-0.25, -0.2) is 4.68 Å². The maximum absolute atomic E-state index is 11.3. The number of aromatic nitrogens is 2. The van der Waals surface area contributed by atoms with E-state index in [1.54, 1.807) is 15.8 Å². The molecule has 1 saturated heterocycles. The lowest BCUT2D eigenvalue weighted by atomic mass is 10.1. The first-order chi connectivity index (χ1) is 10.9. The van der Waals surface area contributed by atoms with Gasteiger partial charge in [0.1, 0.15) is 6.04 Å². The van der Waals surface area contributed by atoms with E-state index in [1.165, 1.54) is 11.1 Å². The van der Waals surface area contributed by atoms with Gasteiger partial charge in [0.15, 0.2) is 0 Å². The van der Waals surface area contributed by atoms with Crippen LogP contribution in [0.3, 0.4) is 0 Å². The maximum Gasteiger partial charge on any atom is 0.321 e. The predicted octanol–water partition coefficient (Wildman–Crippen LogP) is 1.51. The third kappa shape index (κ3) is 3.28. The van der Waals surface area contributed by atoms with E-state index in [4.69, 9.17) is 0 Å². The molecule has 6 heteroatoms. The lowest BCUT2D eigenvalue weighted by Gasteiger charge is -2.19. The van der Waals surface area contributed by atoms with Crippen LogP contribution in [-0.2, 0) is 11.3 Å². The number of rotatable bonds is 4. The van der Waals surface area contributed by atoms with E-state index in [-0.39, 0.29) is 6.42 Å². The van der Waals surface area contributed by atoms with Gasteiger partial charge in [0.05, 0.1) is 18.0 Å². The summed E-state index contributed by atoms with van der Waals surface area (Å²) in [5.74, 6) is -0.886. The second-order valence-electron chi connectivity index (χ2n) is 6.23. The molecule has 1 aliphatic heterocycles. The van der Waals surface area contributed by atoms with Gasteiger partial charge in [0.25, 0.3) is 0 Å². The Balaban J connectivity index is 1.77. The van der Waals surface area contributed by atoms with Crippen molar-refractivity contribution in [3.63, 3.8) is 0 Å². The average Bonchev–Trinajstić information content (AvgIpc) is 3.09. The van der Waals surface area contributed by atoms with Crippen molar-refractivity contribution in [3.8, 4) is 5.69 Å². The summed E-state index contributed by atoms with van der Waals surface area (Å²) in [6.45, 7) is 4.98. The van der Waals surface area contributed by atoms with Crippen molar-refractivity contribution in [3.05, 3.63) is 47.3 Å². The fraction of sp³-hybridized carbons (Fsp3) is 0.412. The molecular weight excluding hydrogens is 294 g/mol. The van der Waals surface area contributed by atoms with Crippen LogP contribution >= 0.6 is 0 Å². The smallest absolute Gasteiger partial charge is 0.321 e. The molecule has 2 aromatic rings.